The van der Waals surface area contributed by atoms with Gasteiger partial charge in [0.15, 0.2) is 0 Å². The highest BCUT2D eigenvalue weighted by atomic mass is 19.1. The Kier molecular flexibility index (Phi) is 7.16. The second-order valence-corrected chi connectivity index (χ2v) is 6.48. The fraction of sp³-hybridized carbons (Fsp3) is 0.130. The number of para-hydroxylation sites is 1. The zero-order valence-electron chi connectivity index (χ0n) is 16.7. The smallest absolute Gasteiger partial charge is 0.257 e. The summed E-state index contributed by atoms with van der Waals surface area (Å²) in [5.41, 5.74) is 1.14. The van der Waals surface area contributed by atoms with Gasteiger partial charge in [-0.15, -0.1) is 0 Å². The van der Waals surface area contributed by atoms with Crippen LogP contribution in [-0.2, 0) is 4.79 Å². The van der Waals surface area contributed by atoms with Crippen molar-refractivity contribution < 1.29 is 23.1 Å². The number of hydrogen-bond acceptors (Lipinski definition) is 4. The Labute approximate surface area is 178 Å². The summed E-state index contributed by atoms with van der Waals surface area (Å²) in [5, 5.41) is 7.99. The van der Waals surface area contributed by atoms with Crippen LogP contribution in [-0.4, -0.2) is 25.0 Å². The summed E-state index contributed by atoms with van der Waals surface area (Å²) in [6, 6.07) is 16.4. The molecule has 0 aliphatic heterocycles. The minimum absolute atomic E-state index is 0.00178. The first-order valence-corrected chi connectivity index (χ1v) is 9.58. The van der Waals surface area contributed by atoms with Crippen molar-refractivity contribution in [1.29, 1.82) is 0 Å². The number of amides is 2. The molecule has 0 aliphatic carbocycles. The van der Waals surface area contributed by atoms with E-state index in [1.807, 2.05) is 6.92 Å². The molecule has 0 spiro atoms. The number of rotatable bonds is 8. The molecule has 0 radical (unpaired) electrons. The van der Waals surface area contributed by atoms with Crippen molar-refractivity contribution in [2.24, 2.45) is 0 Å². The third kappa shape index (κ3) is 6.02. The Bertz CT molecular complexity index is 1070. The van der Waals surface area contributed by atoms with Gasteiger partial charge in [-0.2, -0.15) is 0 Å². The van der Waals surface area contributed by atoms with Gasteiger partial charge in [-0.3, -0.25) is 9.59 Å². The normalized spacial score (nSPS) is 10.3. The van der Waals surface area contributed by atoms with Gasteiger partial charge in [0.25, 0.3) is 5.91 Å². The van der Waals surface area contributed by atoms with E-state index in [4.69, 9.17) is 4.74 Å². The Hall–Kier alpha value is -3.94. The van der Waals surface area contributed by atoms with Crippen molar-refractivity contribution in [2.75, 3.05) is 29.1 Å². The predicted octanol–water partition coefficient (Wildman–Crippen LogP) is 4.67. The van der Waals surface area contributed by atoms with E-state index in [2.05, 4.69) is 16.0 Å². The minimum Gasteiger partial charge on any atom is -0.494 e. The molecular formula is C23H21F2N3O3. The number of anilines is 3. The molecule has 0 aromatic heterocycles. The Morgan fingerprint density at radius 1 is 0.903 bits per heavy atom. The number of carbonyl (C=O) groups is 2. The summed E-state index contributed by atoms with van der Waals surface area (Å²) in [4.78, 5) is 25.0. The van der Waals surface area contributed by atoms with Gasteiger partial charge >= 0.3 is 0 Å². The molecule has 160 valence electrons. The zero-order chi connectivity index (χ0) is 22.2. The Balaban J connectivity index is 1.63. The van der Waals surface area contributed by atoms with Crippen molar-refractivity contribution in [3.8, 4) is 5.75 Å². The summed E-state index contributed by atoms with van der Waals surface area (Å²) < 4.78 is 32.0. The van der Waals surface area contributed by atoms with E-state index in [9.17, 15) is 18.4 Å². The monoisotopic (exact) mass is 425 g/mol. The van der Waals surface area contributed by atoms with Crippen molar-refractivity contribution in [2.45, 2.75) is 6.92 Å². The summed E-state index contributed by atoms with van der Waals surface area (Å²) in [5.74, 6) is -1.72. The van der Waals surface area contributed by atoms with Crippen LogP contribution in [0.2, 0.25) is 0 Å². The van der Waals surface area contributed by atoms with Gasteiger partial charge in [0.1, 0.15) is 17.4 Å². The molecule has 0 atom stereocenters. The lowest BCUT2D eigenvalue weighted by Gasteiger charge is -2.13. The molecule has 0 fully saturated rings. The first-order valence-electron chi connectivity index (χ1n) is 9.58. The van der Waals surface area contributed by atoms with E-state index in [-0.39, 0.29) is 17.8 Å². The summed E-state index contributed by atoms with van der Waals surface area (Å²) >= 11 is 0. The summed E-state index contributed by atoms with van der Waals surface area (Å²) in [6.07, 6.45) is 0. The lowest BCUT2D eigenvalue weighted by Crippen LogP contribution is -2.24. The average Bonchev–Trinajstić information content (AvgIpc) is 2.75. The molecule has 31 heavy (non-hydrogen) atoms. The fourth-order valence-corrected chi connectivity index (χ4v) is 2.79. The van der Waals surface area contributed by atoms with Crippen LogP contribution in [0.1, 0.15) is 17.3 Å². The quantitative estimate of drug-likeness (QED) is 0.490. The van der Waals surface area contributed by atoms with Crippen LogP contribution >= 0.6 is 0 Å². The second kappa shape index (κ2) is 10.2. The standard InChI is InChI=1S/C23H21F2N3O3/c1-2-31-17-10-8-16(9-11-17)27-23(30)18-5-3-4-6-20(18)28-22(29)14-26-21-12-7-15(24)13-19(21)25/h3-13,26H,2,14H2,1H3,(H,27,30)(H,28,29). The number of nitrogens with one attached hydrogen (secondary N) is 3. The molecule has 8 heteroatoms. The molecule has 0 saturated heterocycles. The number of hydrogen-bond donors (Lipinski definition) is 3. The lowest BCUT2D eigenvalue weighted by molar-refractivity contribution is -0.114. The van der Waals surface area contributed by atoms with Gasteiger partial charge in [-0.1, -0.05) is 12.1 Å². The first kappa shape index (κ1) is 21.8. The third-order valence-electron chi connectivity index (χ3n) is 4.24. The predicted molar refractivity (Wildman–Crippen MR) is 115 cm³/mol. The van der Waals surface area contributed by atoms with E-state index in [1.165, 1.54) is 6.07 Å². The van der Waals surface area contributed by atoms with E-state index in [1.54, 1.807) is 48.5 Å². The summed E-state index contributed by atoms with van der Waals surface area (Å²) in [6.45, 7) is 2.16. The molecular weight excluding hydrogens is 404 g/mol. The molecule has 0 saturated carbocycles. The van der Waals surface area contributed by atoms with Crippen molar-refractivity contribution in [3.05, 3.63) is 83.9 Å². The van der Waals surface area contributed by atoms with Crippen LogP contribution in [0.3, 0.4) is 0 Å². The van der Waals surface area contributed by atoms with Gasteiger partial charge in [0, 0.05) is 11.8 Å². The molecule has 6 nitrogen and oxygen atoms in total. The highest BCUT2D eigenvalue weighted by Crippen LogP contribution is 2.20. The number of benzene rings is 3. The van der Waals surface area contributed by atoms with Gasteiger partial charge < -0.3 is 20.7 Å². The van der Waals surface area contributed by atoms with Crippen LogP contribution in [0, 0.1) is 11.6 Å². The highest BCUT2D eigenvalue weighted by molar-refractivity contribution is 6.10. The second-order valence-electron chi connectivity index (χ2n) is 6.48. The maximum atomic E-state index is 13.7. The van der Waals surface area contributed by atoms with Crippen molar-refractivity contribution in [1.82, 2.24) is 0 Å². The first-order chi connectivity index (χ1) is 15.0. The minimum atomic E-state index is -0.803. The van der Waals surface area contributed by atoms with E-state index < -0.39 is 23.4 Å². The van der Waals surface area contributed by atoms with Crippen molar-refractivity contribution in [3.63, 3.8) is 0 Å². The van der Waals surface area contributed by atoms with E-state index in [0.717, 1.165) is 12.1 Å². The van der Waals surface area contributed by atoms with Crippen LogP contribution in [0.25, 0.3) is 0 Å². The zero-order valence-corrected chi connectivity index (χ0v) is 16.7. The van der Waals surface area contributed by atoms with Gasteiger partial charge in [0.05, 0.1) is 30.1 Å². The molecule has 3 rings (SSSR count). The largest absolute Gasteiger partial charge is 0.494 e. The highest BCUT2D eigenvalue weighted by Gasteiger charge is 2.14. The van der Waals surface area contributed by atoms with Gasteiger partial charge in [0.2, 0.25) is 5.91 Å². The topological polar surface area (TPSA) is 79.5 Å². The molecule has 0 heterocycles. The average molecular weight is 425 g/mol. The number of ether oxygens (including phenoxy) is 1. The Morgan fingerprint density at radius 3 is 2.35 bits per heavy atom. The molecule has 3 aromatic rings. The van der Waals surface area contributed by atoms with Gasteiger partial charge in [-0.25, -0.2) is 8.78 Å². The number of halogens is 2. The molecule has 0 bridgehead atoms. The van der Waals surface area contributed by atoms with Crippen LogP contribution < -0.4 is 20.7 Å². The Morgan fingerprint density at radius 2 is 1.65 bits per heavy atom. The maximum Gasteiger partial charge on any atom is 0.257 e. The maximum absolute atomic E-state index is 13.7. The lowest BCUT2D eigenvalue weighted by atomic mass is 10.1. The van der Waals surface area contributed by atoms with Crippen LogP contribution in [0.4, 0.5) is 25.8 Å². The molecule has 3 aromatic carbocycles. The van der Waals surface area contributed by atoms with Crippen molar-refractivity contribution >= 4 is 28.9 Å². The van der Waals surface area contributed by atoms with E-state index in [0.29, 0.717) is 23.7 Å². The van der Waals surface area contributed by atoms with E-state index >= 15 is 0 Å². The third-order valence-corrected chi connectivity index (χ3v) is 4.24. The number of carbonyl (C=O) groups excluding carboxylic acids is 2. The van der Waals surface area contributed by atoms with Gasteiger partial charge in [-0.05, 0) is 55.5 Å². The fourth-order valence-electron chi connectivity index (χ4n) is 2.79. The summed E-state index contributed by atoms with van der Waals surface area (Å²) in [7, 11) is 0. The molecule has 0 aliphatic rings. The van der Waals surface area contributed by atoms with Crippen LogP contribution in [0.15, 0.2) is 66.7 Å². The molecule has 3 N–H and O–H groups in total. The SMILES string of the molecule is CCOc1ccc(NC(=O)c2ccccc2NC(=O)CNc2ccc(F)cc2F)cc1. The van der Waals surface area contributed by atoms with Crippen LogP contribution in [0.5, 0.6) is 5.75 Å². The molecule has 0 unspecified atom stereocenters. The molecule has 2 amide bonds.